The highest BCUT2D eigenvalue weighted by Crippen LogP contribution is 2.32. The summed E-state index contributed by atoms with van der Waals surface area (Å²) in [5.74, 6) is 0. The third-order valence-electron chi connectivity index (χ3n) is 6.52. The Morgan fingerprint density at radius 2 is 1.76 bits per heavy atom. The van der Waals surface area contributed by atoms with Gasteiger partial charge in [0.25, 0.3) is 10.2 Å². The number of fused-ring (bicyclic) bond motifs is 1. The highest BCUT2D eigenvalue weighted by atomic mass is 32.2. The second-order valence-electron chi connectivity index (χ2n) is 8.65. The van der Waals surface area contributed by atoms with Crippen LogP contribution in [0.5, 0.6) is 0 Å². The number of morpholine rings is 1. The van der Waals surface area contributed by atoms with Crippen molar-refractivity contribution in [1.82, 2.24) is 13.6 Å². The molecule has 1 N–H and O–H groups in total. The largest absolute Gasteiger partial charge is 0.382 e. The summed E-state index contributed by atoms with van der Waals surface area (Å²) in [6.07, 6.45) is 5.07. The normalized spacial score (nSPS) is 18.6. The molecule has 0 spiro atoms. The highest BCUT2D eigenvalue weighted by molar-refractivity contribution is 7.86. The van der Waals surface area contributed by atoms with Gasteiger partial charge < -0.3 is 10.1 Å². The predicted molar refractivity (Wildman–Crippen MR) is 131 cm³/mol. The molecule has 2 aromatic carbocycles. The Kier molecular flexibility index (Phi) is 6.48. The molecule has 0 bridgehead atoms. The average molecular weight is 478 g/mol. The molecule has 0 saturated carbocycles. The lowest BCUT2D eigenvalue weighted by molar-refractivity contribution is 0.0697. The summed E-state index contributed by atoms with van der Waals surface area (Å²) in [6, 6.07) is 16.1. The summed E-state index contributed by atoms with van der Waals surface area (Å²) < 4.78 is 34.4. The number of piperidine rings is 1. The molecule has 34 heavy (non-hydrogen) atoms. The maximum Gasteiger partial charge on any atom is 0.282 e. The van der Waals surface area contributed by atoms with Gasteiger partial charge in [0.15, 0.2) is 0 Å². The van der Waals surface area contributed by atoms with Gasteiger partial charge in [-0.1, -0.05) is 12.1 Å². The molecular formula is C25H27N5O3S. The molecule has 0 atom stereocenters. The lowest BCUT2D eigenvalue weighted by atomic mass is 9.98. The van der Waals surface area contributed by atoms with Crippen LogP contribution in [0, 0.1) is 11.3 Å². The van der Waals surface area contributed by atoms with E-state index < -0.39 is 10.2 Å². The Labute approximate surface area is 199 Å². The summed E-state index contributed by atoms with van der Waals surface area (Å²) in [6.45, 7) is 2.70. The van der Waals surface area contributed by atoms with Gasteiger partial charge >= 0.3 is 0 Å². The SMILES string of the molecule is N#Cc1cccc(-c2cc(NC3CCN(S(=O)(=O)N4CCOCC4)CC3)c3cnccc3c2)c1. The maximum atomic E-state index is 13.0. The fourth-order valence-corrected chi connectivity index (χ4v) is 6.25. The quantitative estimate of drug-likeness (QED) is 0.606. The topological polar surface area (TPSA) is 98.6 Å². The van der Waals surface area contributed by atoms with Crippen molar-refractivity contribution < 1.29 is 13.2 Å². The van der Waals surface area contributed by atoms with Crippen LogP contribution in [0.3, 0.4) is 0 Å². The number of rotatable bonds is 5. The predicted octanol–water partition coefficient (Wildman–Crippen LogP) is 3.23. The van der Waals surface area contributed by atoms with E-state index in [4.69, 9.17) is 4.74 Å². The van der Waals surface area contributed by atoms with Crippen LogP contribution >= 0.6 is 0 Å². The standard InChI is InChI=1S/C25H27N5O3S/c26-17-19-2-1-3-20(14-19)22-15-21-4-7-27-18-24(21)25(16-22)28-23-5-8-29(9-6-23)34(31,32)30-10-12-33-13-11-30/h1-4,7,14-16,18,23,28H,5-6,8-13H2. The number of nitriles is 1. The third-order valence-corrected chi connectivity index (χ3v) is 8.55. The first kappa shape index (κ1) is 22.7. The van der Waals surface area contributed by atoms with Crippen LogP contribution in [0.2, 0.25) is 0 Å². The van der Waals surface area contributed by atoms with Gasteiger partial charge in [0.2, 0.25) is 0 Å². The van der Waals surface area contributed by atoms with Crippen molar-refractivity contribution >= 4 is 26.7 Å². The molecule has 0 aliphatic carbocycles. The minimum absolute atomic E-state index is 0.153. The van der Waals surface area contributed by atoms with Crippen molar-refractivity contribution in [3.05, 3.63) is 60.4 Å². The van der Waals surface area contributed by atoms with E-state index in [-0.39, 0.29) is 6.04 Å². The Morgan fingerprint density at radius 3 is 2.53 bits per heavy atom. The molecule has 2 saturated heterocycles. The van der Waals surface area contributed by atoms with Gasteiger partial charge in [-0.05, 0) is 59.7 Å². The number of benzene rings is 2. The van der Waals surface area contributed by atoms with Crippen LogP contribution in [-0.2, 0) is 14.9 Å². The molecular weight excluding hydrogens is 450 g/mol. The molecule has 2 aliphatic rings. The van der Waals surface area contributed by atoms with Gasteiger partial charge in [0.05, 0.1) is 24.8 Å². The number of hydrogen-bond donors (Lipinski definition) is 1. The summed E-state index contributed by atoms with van der Waals surface area (Å²) in [7, 11) is -3.44. The van der Waals surface area contributed by atoms with E-state index in [0.717, 1.165) is 40.4 Å². The van der Waals surface area contributed by atoms with Gasteiger partial charge in [-0.25, -0.2) is 0 Å². The zero-order valence-corrected chi connectivity index (χ0v) is 19.7. The molecule has 2 aliphatic heterocycles. The molecule has 5 rings (SSSR count). The second kappa shape index (κ2) is 9.68. The molecule has 8 nitrogen and oxygen atoms in total. The summed E-state index contributed by atoms with van der Waals surface area (Å²) in [5.41, 5.74) is 3.59. The first-order valence-corrected chi connectivity index (χ1v) is 12.9. The highest BCUT2D eigenvalue weighted by Gasteiger charge is 2.33. The van der Waals surface area contributed by atoms with Gasteiger partial charge in [-0.15, -0.1) is 0 Å². The number of pyridine rings is 1. The van der Waals surface area contributed by atoms with E-state index in [1.807, 2.05) is 30.5 Å². The van der Waals surface area contributed by atoms with Crippen molar-refractivity contribution in [3.63, 3.8) is 0 Å². The molecule has 9 heteroatoms. The van der Waals surface area contributed by atoms with Gasteiger partial charge in [-0.3, -0.25) is 4.98 Å². The summed E-state index contributed by atoms with van der Waals surface area (Å²) >= 11 is 0. The fraction of sp³-hybridized carbons (Fsp3) is 0.360. The van der Waals surface area contributed by atoms with Crippen LogP contribution in [0.15, 0.2) is 54.9 Å². The van der Waals surface area contributed by atoms with Crippen LogP contribution in [0.25, 0.3) is 21.9 Å². The number of nitrogens with zero attached hydrogens (tertiary/aromatic N) is 4. The zero-order chi connectivity index (χ0) is 23.5. The Bertz CT molecular complexity index is 1320. The first-order chi connectivity index (χ1) is 16.5. The van der Waals surface area contributed by atoms with Crippen molar-refractivity contribution in [3.8, 4) is 17.2 Å². The minimum Gasteiger partial charge on any atom is -0.382 e. The Morgan fingerprint density at radius 1 is 1.00 bits per heavy atom. The monoisotopic (exact) mass is 477 g/mol. The lowest BCUT2D eigenvalue weighted by Crippen LogP contribution is -2.51. The molecule has 0 amide bonds. The van der Waals surface area contributed by atoms with Crippen LogP contribution in [0.1, 0.15) is 18.4 Å². The van der Waals surface area contributed by atoms with Crippen molar-refractivity contribution in [1.29, 1.82) is 5.26 Å². The maximum absolute atomic E-state index is 13.0. The second-order valence-corrected chi connectivity index (χ2v) is 10.6. The van der Waals surface area contributed by atoms with E-state index in [0.29, 0.717) is 45.0 Å². The average Bonchev–Trinajstić information content (AvgIpc) is 2.89. The van der Waals surface area contributed by atoms with Gasteiger partial charge in [0.1, 0.15) is 0 Å². The van der Waals surface area contributed by atoms with Crippen molar-refractivity contribution in [2.24, 2.45) is 0 Å². The summed E-state index contributed by atoms with van der Waals surface area (Å²) in [5, 5.41) is 15.0. The van der Waals surface area contributed by atoms with E-state index in [2.05, 4.69) is 28.5 Å². The van der Waals surface area contributed by atoms with E-state index in [1.54, 1.807) is 16.6 Å². The first-order valence-electron chi connectivity index (χ1n) is 11.5. The molecule has 176 valence electrons. The fourth-order valence-electron chi connectivity index (χ4n) is 4.64. The summed E-state index contributed by atoms with van der Waals surface area (Å²) in [4.78, 5) is 4.31. The number of anilines is 1. The zero-order valence-electron chi connectivity index (χ0n) is 18.9. The molecule has 0 radical (unpaired) electrons. The third kappa shape index (κ3) is 4.63. The Balaban J connectivity index is 1.35. The van der Waals surface area contributed by atoms with Crippen LogP contribution in [0.4, 0.5) is 5.69 Å². The Hall–Kier alpha value is -3.03. The van der Waals surface area contributed by atoms with Crippen molar-refractivity contribution in [2.75, 3.05) is 44.7 Å². The van der Waals surface area contributed by atoms with Gasteiger partial charge in [-0.2, -0.15) is 22.3 Å². The minimum atomic E-state index is -3.44. The molecule has 0 unspecified atom stereocenters. The molecule has 1 aromatic heterocycles. The van der Waals surface area contributed by atoms with Crippen molar-refractivity contribution in [2.45, 2.75) is 18.9 Å². The number of ether oxygens (including phenoxy) is 1. The molecule has 3 aromatic rings. The lowest BCUT2D eigenvalue weighted by Gasteiger charge is -2.36. The number of aromatic nitrogens is 1. The van der Waals surface area contributed by atoms with Gasteiger partial charge in [0, 0.05) is 55.7 Å². The molecule has 2 fully saturated rings. The molecule has 3 heterocycles. The number of nitrogens with one attached hydrogen (secondary N) is 1. The van der Waals surface area contributed by atoms with E-state index in [9.17, 15) is 13.7 Å². The van der Waals surface area contributed by atoms with E-state index in [1.165, 1.54) is 4.31 Å². The van der Waals surface area contributed by atoms with Crippen LogP contribution in [-0.4, -0.2) is 67.4 Å². The number of hydrogen-bond acceptors (Lipinski definition) is 6. The smallest absolute Gasteiger partial charge is 0.282 e. The van der Waals surface area contributed by atoms with Crippen LogP contribution < -0.4 is 5.32 Å². The van der Waals surface area contributed by atoms with E-state index >= 15 is 0 Å².